The average molecular weight is 1670 g/mol. The van der Waals surface area contributed by atoms with Crippen molar-refractivity contribution < 1.29 is 184 Å². The van der Waals surface area contributed by atoms with E-state index in [-0.39, 0.29) is 89.5 Å². The van der Waals surface area contributed by atoms with E-state index in [4.69, 9.17) is 137 Å². The number of esters is 3. The third-order valence-electron chi connectivity index (χ3n) is 19.3. The molecule has 9 heterocycles. The Morgan fingerprint density at radius 2 is 0.809 bits per heavy atom. The molecule has 9 aliphatic rings. The van der Waals surface area contributed by atoms with E-state index >= 15 is 0 Å². The summed E-state index contributed by atoms with van der Waals surface area (Å²) in [7, 11) is 1.24. The molecule has 9 rings (SSSR count). The first-order valence-corrected chi connectivity index (χ1v) is 36.9. The molecule has 0 aromatic rings. The second-order valence-electron chi connectivity index (χ2n) is 28.0. The zero-order chi connectivity index (χ0) is 85.1. The van der Waals surface area contributed by atoms with Crippen LogP contribution in [0, 0.1) is 17.8 Å². The fourth-order valence-electron chi connectivity index (χ4n) is 13.4. The van der Waals surface area contributed by atoms with Gasteiger partial charge in [-0.3, -0.25) is 14.4 Å². The van der Waals surface area contributed by atoms with Gasteiger partial charge in [0, 0.05) is 86.8 Å². The van der Waals surface area contributed by atoms with Crippen LogP contribution in [0.4, 0.5) is 0 Å². The average Bonchev–Trinajstić information content (AvgIpc) is 1.61. The number of hydrogen-bond acceptors (Lipinski definition) is 42. The molecule has 0 aromatic heterocycles. The van der Waals surface area contributed by atoms with Crippen molar-refractivity contribution in [1.29, 1.82) is 0 Å². The fourth-order valence-corrected chi connectivity index (χ4v) is 13.4. The minimum Gasteiger partial charge on any atom is -0.463 e. The Labute approximate surface area is 660 Å². The number of nitrogens with zero attached hydrogens (tertiary/aromatic N) is 9. The van der Waals surface area contributed by atoms with Gasteiger partial charge >= 0.3 is 17.9 Å². The summed E-state index contributed by atoms with van der Waals surface area (Å²) in [6.45, 7) is 12.4. The SMILES string of the molecule is CC(=O)C[C@H]1[C@H]2OC[C@](COC(C)=O)(O2)[C@H](OC(C)=O)[C@@H]1OC(C)=O.CC(=O)C[C@H]1[C@H]2OC[C@](COCCOCCOCCOCCN)(O2)[C@H](O)[C@@H]1O.CC(=O)C[C@H]1[C@H]2OC[C@](COCCOCCOCCOCCN=[N+]=[N-])(O2)[C@H](O)[C@@H]1O.CO[C@@H]1OC(CO)(CO)[C@H](O)[C@H](O)[C@H]1N=[N+]=[N-].[N-]=[N+]=N[C@H]1[C@H]2OC[C@](CO)(O2)[C@H](O)[C@@H]1O. The number of hydrogen-bond donors (Lipinski definition) is 12. The smallest absolute Gasteiger partial charge is 0.303 e. The van der Waals surface area contributed by atoms with Crippen molar-refractivity contribution in [3.8, 4) is 0 Å². The van der Waals surface area contributed by atoms with Gasteiger partial charge in [0.05, 0.1) is 182 Å². The lowest BCUT2D eigenvalue weighted by Crippen LogP contribution is -2.67. The normalized spacial score (nSPS) is 34.7. The van der Waals surface area contributed by atoms with Crippen LogP contribution in [0.2, 0.25) is 0 Å². The van der Waals surface area contributed by atoms with Crippen molar-refractivity contribution in [2.24, 2.45) is 38.8 Å². The highest BCUT2D eigenvalue weighted by Gasteiger charge is 2.65. The molecule has 0 amide bonds. The number of nitrogens with two attached hydrogens (primary N) is 1. The number of ether oxygens (including phenoxy) is 21. The molecular formula is C67H112N10O38. The van der Waals surface area contributed by atoms with Crippen LogP contribution in [-0.2, 0) is 128 Å². The molecule has 115 heavy (non-hydrogen) atoms. The van der Waals surface area contributed by atoms with Crippen LogP contribution in [-0.4, -0.2) is 403 Å². The van der Waals surface area contributed by atoms with Gasteiger partial charge in [0.25, 0.3) is 0 Å². The van der Waals surface area contributed by atoms with Crippen LogP contribution in [0.1, 0.15) is 60.8 Å². The Hall–Kier alpha value is -5.85. The number of aliphatic hydroxyl groups is 11. The maximum atomic E-state index is 11.6. The lowest BCUT2D eigenvalue weighted by atomic mass is 9.82. The molecule has 48 nitrogen and oxygen atoms in total. The summed E-state index contributed by atoms with van der Waals surface area (Å²) >= 11 is 0. The molecule has 9 aliphatic heterocycles. The molecule has 0 spiro atoms. The summed E-state index contributed by atoms with van der Waals surface area (Å²) in [6, 6.07) is -2.15. The van der Waals surface area contributed by atoms with Gasteiger partial charge in [0.1, 0.15) is 89.0 Å². The predicted molar refractivity (Wildman–Crippen MR) is 378 cm³/mol. The number of Topliss-reactive ketones (excluding diaryl/α,β-unsaturated/α-hetero) is 3. The quantitative estimate of drug-likeness (QED) is 0.00679. The number of aliphatic hydroxyl groups excluding tert-OH is 11. The lowest BCUT2D eigenvalue weighted by Gasteiger charge is -2.46. The van der Waals surface area contributed by atoms with Crippen LogP contribution < -0.4 is 5.73 Å². The number of fused-ring (bicyclic) bond motifs is 8. The monoisotopic (exact) mass is 1660 g/mol. The Morgan fingerprint density at radius 3 is 1.23 bits per heavy atom. The first kappa shape index (κ1) is 99.7. The largest absolute Gasteiger partial charge is 0.463 e. The van der Waals surface area contributed by atoms with Gasteiger partial charge in [-0.2, -0.15) is 0 Å². The van der Waals surface area contributed by atoms with Crippen molar-refractivity contribution >= 4 is 35.3 Å². The molecule has 0 saturated carbocycles. The van der Waals surface area contributed by atoms with E-state index in [1.54, 1.807) is 0 Å². The van der Waals surface area contributed by atoms with Crippen molar-refractivity contribution in [2.75, 3.05) is 179 Å². The second kappa shape index (κ2) is 49.6. The highest BCUT2D eigenvalue weighted by Crippen LogP contribution is 2.46. The molecule has 0 aliphatic carbocycles. The maximum absolute atomic E-state index is 11.6. The molecule has 0 radical (unpaired) electrons. The number of rotatable bonds is 43. The first-order valence-electron chi connectivity index (χ1n) is 36.9. The summed E-state index contributed by atoms with van der Waals surface area (Å²) in [6.07, 6.45) is -16.5. The molecule has 0 aromatic carbocycles. The van der Waals surface area contributed by atoms with E-state index in [1.807, 2.05) is 0 Å². The summed E-state index contributed by atoms with van der Waals surface area (Å²) in [4.78, 5) is 76.4. The van der Waals surface area contributed by atoms with Crippen molar-refractivity contribution in [3.05, 3.63) is 31.3 Å². The van der Waals surface area contributed by atoms with Crippen molar-refractivity contribution in [2.45, 2.75) is 193 Å². The van der Waals surface area contributed by atoms with Crippen LogP contribution in [0.25, 0.3) is 31.3 Å². The minimum absolute atomic E-state index is 0.0179. The molecule has 0 unspecified atom stereocenters. The zero-order valence-electron chi connectivity index (χ0n) is 65.1. The summed E-state index contributed by atoms with van der Waals surface area (Å²) in [5, 5.41) is 118. The maximum Gasteiger partial charge on any atom is 0.303 e. The van der Waals surface area contributed by atoms with Gasteiger partial charge in [-0.1, -0.05) is 15.3 Å². The van der Waals surface area contributed by atoms with E-state index in [1.165, 1.54) is 48.7 Å². The Morgan fingerprint density at radius 1 is 0.426 bits per heavy atom. The fraction of sp³-hybridized carbons (Fsp3) is 0.910. The van der Waals surface area contributed by atoms with E-state index in [2.05, 4.69) is 30.1 Å². The van der Waals surface area contributed by atoms with Gasteiger partial charge < -0.3 is 176 Å². The highest BCUT2D eigenvalue weighted by molar-refractivity contribution is 5.77. The van der Waals surface area contributed by atoms with Crippen LogP contribution in [0.5, 0.6) is 0 Å². The zero-order valence-corrected chi connectivity index (χ0v) is 65.1. The highest BCUT2D eigenvalue weighted by atomic mass is 16.8. The number of carbonyl (C=O) groups is 6. The van der Waals surface area contributed by atoms with Gasteiger partial charge in [-0.25, -0.2) is 0 Å². The van der Waals surface area contributed by atoms with Crippen molar-refractivity contribution in [3.63, 3.8) is 0 Å². The molecule has 24 atom stereocenters. The van der Waals surface area contributed by atoms with E-state index in [0.29, 0.717) is 99.0 Å². The summed E-state index contributed by atoms with van der Waals surface area (Å²) in [5.74, 6) is -3.93. The third-order valence-corrected chi connectivity index (χ3v) is 19.3. The molecule has 658 valence electrons. The Bertz CT molecular complexity index is 3140. The Kier molecular flexibility index (Phi) is 43.0. The number of carbonyl (C=O) groups excluding carboxylic acids is 6. The van der Waals surface area contributed by atoms with E-state index < -0.39 is 188 Å². The lowest BCUT2D eigenvalue weighted by molar-refractivity contribution is -0.311. The molecule has 9 fully saturated rings. The van der Waals surface area contributed by atoms with Gasteiger partial charge in [0.2, 0.25) is 0 Å². The van der Waals surface area contributed by atoms with Gasteiger partial charge in [-0.15, -0.1) is 0 Å². The first-order chi connectivity index (χ1) is 54.8. The van der Waals surface area contributed by atoms with Crippen molar-refractivity contribution in [1.82, 2.24) is 0 Å². The van der Waals surface area contributed by atoms with Crippen LogP contribution in [0.3, 0.4) is 0 Å². The number of ketones is 3. The van der Waals surface area contributed by atoms with Crippen LogP contribution >= 0.6 is 0 Å². The predicted octanol–water partition coefficient (Wildman–Crippen LogP) is -4.99. The standard InChI is InChI=1S/C18H31N3O9.C18H33NO9.C16H22O9.C8H15N3O6.C7H11N3O5/c1-13(22)10-14-15(23)16(24)18(12-29-17(14)30-18)11-28-9-8-27-7-6-26-5-4-25-3-2-20-21-19;1-13(20)10-14-15(21)16(22)18(12-27-17(14)28-18)11-26-9-8-25-7-6-24-5-4-23-3-2-19;1-8(17)5-12-13(23-10(3)19)14(24-11(4)20)16(6-21-9(2)18)7-22-15(12)25-16;1-16-7-4(10-11-9)5(14)6(15)8(2-12,3-13)17-7;8-10-9-3-4(12)5(13)7(1-11)2-14-6(3)15-7/h14-17,23-24H,2-12H2,1H3;14-17,21-22H,2-12,19H2,1H3;12-15H,5-7H2,1-4H3;4-7,12-15H,2-3H2,1H3;3-6,11-13H,1-2H2/t2*14-,15-,16-,17+,18+;12-,13-,14-,15+,16+;4-,5-,6-,7-;3-,4-,5-,6+,7+/m11111/s1. The van der Waals surface area contributed by atoms with E-state index in [0.717, 1.165) is 0 Å². The molecule has 8 bridgehead atoms. The summed E-state index contributed by atoms with van der Waals surface area (Å²) in [5.41, 5.74) is 23.4. The third kappa shape index (κ3) is 28.1. The second-order valence-corrected chi connectivity index (χ2v) is 28.0. The van der Waals surface area contributed by atoms with Gasteiger partial charge in [-0.05, 0) is 37.4 Å². The molecular weight excluding hydrogens is 1550 g/mol. The molecule has 13 N–H and O–H groups in total. The summed E-state index contributed by atoms with van der Waals surface area (Å²) < 4.78 is 113. The minimum atomic E-state index is -1.75. The van der Waals surface area contributed by atoms with Crippen LogP contribution in [0.15, 0.2) is 15.3 Å². The number of methoxy groups -OCH3 is 1. The van der Waals surface area contributed by atoms with E-state index in [9.17, 15) is 69.6 Å². The Balaban J connectivity index is 0.000000262. The molecule has 48 heteroatoms. The topological polar surface area (TPSA) is 691 Å². The van der Waals surface area contributed by atoms with Gasteiger partial charge in [0.15, 0.2) is 43.2 Å². The molecule has 9 saturated heterocycles. The number of azide groups is 3.